The van der Waals surface area contributed by atoms with Gasteiger partial charge in [0, 0.05) is 20.8 Å². The molecule has 1 aliphatic rings. The number of carbonyl (C=O) groups is 3. The van der Waals surface area contributed by atoms with Crippen LogP contribution in [0.2, 0.25) is 0 Å². The van der Waals surface area contributed by atoms with Gasteiger partial charge in [-0.3, -0.25) is 14.4 Å². The quantitative estimate of drug-likeness (QED) is 0.253. The summed E-state index contributed by atoms with van der Waals surface area (Å²) in [4.78, 5) is 35.6. The second kappa shape index (κ2) is 11.2. The highest BCUT2D eigenvalue weighted by atomic mass is 32.1. The zero-order valence-corrected chi connectivity index (χ0v) is 20.1. The Balaban J connectivity index is 1.78. The van der Waals surface area contributed by atoms with Crippen LogP contribution in [0.5, 0.6) is 5.75 Å². The van der Waals surface area contributed by atoms with Gasteiger partial charge in [-0.25, -0.2) is 0 Å². The maximum absolute atomic E-state index is 11.7. The first-order valence-electron chi connectivity index (χ1n) is 10.7. The van der Waals surface area contributed by atoms with Crippen molar-refractivity contribution in [2.45, 2.75) is 52.3 Å². The first-order chi connectivity index (χ1) is 16.1. The van der Waals surface area contributed by atoms with Crippen LogP contribution in [0, 0.1) is 6.92 Å². The van der Waals surface area contributed by atoms with Crippen LogP contribution in [0.3, 0.4) is 0 Å². The Morgan fingerprint density at radius 3 is 1.82 bits per heavy atom. The summed E-state index contributed by atoms with van der Waals surface area (Å²) in [5.41, 5.74) is 2.91. The topological polar surface area (TPSA) is 97.4 Å². The largest absolute Gasteiger partial charge is 0.461 e. The van der Waals surface area contributed by atoms with Gasteiger partial charge in [0.25, 0.3) is 0 Å². The monoisotopic (exact) mass is 486 g/mol. The van der Waals surface area contributed by atoms with E-state index in [1.807, 2.05) is 43.3 Å². The lowest BCUT2D eigenvalue weighted by Crippen LogP contribution is -2.59. The summed E-state index contributed by atoms with van der Waals surface area (Å²) >= 11 is 5.59. The maximum Gasteiger partial charge on any atom is 0.303 e. The number of hydrogen-bond donors (Lipinski definition) is 0. The van der Waals surface area contributed by atoms with Gasteiger partial charge >= 0.3 is 17.9 Å². The Bertz CT molecular complexity index is 1050. The molecule has 2 aromatic rings. The molecule has 9 heteroatoms. The van der Waals surface area contributed by atoms with E-state index >= 15 is 0 Å². The molecule has 1 aliphatic heterocycles. The Labute approximate surface area is 203 Å². The number of hydrogen-bond acceptors (Lipinski definition) is 9. The van der Waals surface area contributed by atoms with Gasteiger partial charge in [0.2, 0.25) is 12.4 Å². The molecule has 0 amide bonds. The Morgan fingerprint density at radius 1 is 0.794 bits per heavy atom. The van der Waals surface area contributed by atoms with Crippen molar-refractivity contribution >= 4 is 35.0 Å². The van der Waals surface area contributed by atoms with E-state index in [1.54, 1.807) is 12.1 Å². The van der Waals surface area contributed by atoms with Crippen LogP contribution >= 0.6 is 12.2 Å². The fourth-order valence-corrected chi connectivity index (χ4v) is 3.77. The molecule has 2 aromatic carbocycles. The number of rotatable bonds is 7. The van der Waals surface area contributed by atoms with Gasteiger partial charge in [-0.1, -0.05) is 42.0 Å². The molecular weight excluding hydrogens is 460 g/mol. The summed E-state index contributed by atoms with van der Waals surface area (Å²) in [5.74, 6) is -1.44. The average Bonchev–Trinajstić information content (AvgIpc) is 2.77. The molecule has 0 spiro atoms. The average molecular weight is 487 g/mol. The summed E-state index contributed by atoms with van der Waals surface area (Å²) < 4.78 is 27.5. The van der Waals surface area contributed by atoms with Crippen molar-refractivity contribution in [3.05, 3.63) is 65.2 Å². The summed E-state index contributed by atoms with van der Waals surface area (Å²) in [6.07, 6.45) is -4.32. The maximum atomic E-state index is 11.7. The van der Waals surface area contributed by atoms with Crippen molar-refractivity contribution in [3.8, 4) is 5.75 Å². The van der Waals surface area contributed by atoms with Crippen molar-refractivity contribution in [3.63, 3.8) is 0 Å². The zero-order valence-electron chi connectivity index (χ0n) is 19.3. The smallest absolute Gasteiger partial charge is 0.303 e. The lowest BCUT2D eigenvalue weighted by molar-refractivity contribution is -0.259. The lowest BCUT2D eigenvalue weighted by atomic mass is 10.0. The van der Waals surface area contributed by atoms with E-state index in [2.05, 4.69) is 0 Å². The highest BCUT2D eigenvalue weighted by molar-refractivity contribution is 7.81. The first-order valence-corrected chi connectivity index (χ1v) is 11.1. The molecule has 0 saturated carbocycles. The molecule has 0 bridgehead atoms. The molecule has 180 valence electrons. The molecule has 1 saturated heterocycles. The standard InChI is InChI=1S/C25H26O8S/c1-14-5-7-18(8-6-14)24(34)19-9-11-20(12-10-19)33-25-23(32-17(4)28)22(31-16(3)27)21(13-29-25)30-15(2)26/h5-12,21-23,25H,13H2,1-4H3/t21-,22+,23-,25-/m1/s1. The number of aryl methyl sites for hydroxylation is 1. The number of esters is 3. The predicted octanol–water partition coefficient (Wildman–Crippen LogP) is 3.29. The molecule has 0 N–H and O–H groups in total. The minimum atomic E-state index is -1.16. The minimum absolute atomic E-state index is 0.116. The number of benzene rings is 2. The number of carbonyl (C=O) groups excluding carboxylic acids is 3. The van der Waals surface area contributed by atoms with E-state index in [0.717, 1.165) is 16.7 Å². The molecule has 3 rings (SSSR count). The van der Waals surface area contributed by atoms with E-state index in [1.165, 1.54) is 20.8 Å². The van der Waals surface area contributed by atoms with Crippen LogP contribution in [-0.4, -0.2) is 54.0 Å². The van der Waals surface area contributed by atoms with Crippen molar-refractivity contribution < 1.29 is 38.1 Å². The van der Waals surface area contributed by atoms with Gasteiger partial charge in [0.15, 0.2) is 12.2 Å². The number of thiocarbonyl (C=S) groups is 1. The normalized spacial score (nSPS) is 21.8. The summed E-state index contributed by atoms with van der Waals surface area (Å²) in [7, 11) is 0. The van der Waals surface area contributed by atoms with Crippen LogP contribution in [0.4, 0.5) is 0 Å². The highest BCUT2D eigenvalue weighted by Crippen LogP contribution is 2.27. The van der Waals surface area contributed by atoms with Crippen LogP contribution in [0.15, 0.2) is 48.5 Å². The number of ether oxygens (including phenoxy) is 5. The fraction of sp³-hybridized carbons (Fsp3) is 0.360. The highest BCUT2D eigenvalue weighted by Gasteiger charge is 2.48. The first kappa shape index (κ1) is 25.3. The van der Waals surface area contributed by atoms with Crippen LogP contribution in [0.25, 0.3) is 0 Å². The zero-order chi connectivity index (χ0) is 24.8. The van der Waals surface area contributed by atoms with Gasteiger partial charge < -0.3 is 23.7 Å². The predicted molar refractivity (Wildman–Crippen MR) is 125 cm³/mol. The molecule has 4 atom stereocenters. The van der Waals surface area contributed by atoms with E-state index < -0.39 is 42.5 Å². The van der Waals surface area contributed by atoms with E-state index in [4.69, 9.17) is 35.9 Å². The van der Waals surface area contributed by atoms with Gasteiger partial charge in [0.1, 0.15) is 5.75 Å². The second-order valence-corrected chi connectivity index (χ2v) is 8.24. The van der Waals surface area contributed by atoms with E-state index in [9.17, 15) is 14.4 Å². The molecule has 0 aliphatic carbocycles. The van der Waals surface area contributed by atoms with Crippen LogP contribution in [0.1, 0.15) is 37.5 Å². The molecule has 0 unspecified atom stereocenters. The van der Waals surface area contributed by atoms with Crippen molar-refractivity contribution in [1.82, 2.24) is 0 Å². The van der Waals surface area contributed by atoms with Crippen LogP contribution < -0.4 is 4.74 Å². The van der Waals surface area contributed by atoms with Gasteiger partial charge in [-0.2, -0.15) is 0 Å². The van der Waals surface area contributed by atoms with Crippen molar-refractivity contribution in [2.24, 2.45) is 0 Å². The van der Waals surface area contributed by atoms with Gasteiger partial charge in [0.05, 0.1) is 11.5 Å². The van der Waals surface area contributed by atoms with Gasteiger partial charge in [-0.05, 0) is 42.3 Å². The SMILES string of the molecule is CC(=O)O[C@@H]1[C@@H](OC(C)=O)[C@@H](Oc2ccc(C(=S)c3ccc(C)cc3)cc2)OC[C@H]1OC(C)=O. The third kappa shape index (κ3) is 6.61. The molecular formula is C25H26O8S. The summed E-state index contributed by atoms with van der Waals surface area (Å²) in [6, 6.07) is 15.0. The minimum Gasteiger partial charge on any atom is -0.461 e. The van der Waals surface area contributed by atoms with Crippen molar-refractivity contribution in [1.29, 1.82) is 0 Å². The fourth-order valence-electron chi connectivity index (χ4n) is 3.50. The second-order valence-electron chi connectivity index (χ2n) is 7.84. The molecule has 8 nitrogen and oxygen atoms in total. The van der Waals surface area contributed by atoms with E-state index in [0.29, 0.717) is 10.6 Å². The van der Waals surface area contributed by atoms with Crippen LogP contribution in [-0.2, 0) is 33.3 Å². The third-order valence-corrected chi connectivity index (χ3v) is 5.46. The Hall–Kier alpha value is -3.30. The molecule has 0 radical (unpaired) electrons. The molecule has 34 heavy (non-hydrogen) atoms. The summed E-state index contributed by atoms with van der Waals surface area (Å²) in [5, 5.41) is 0. The molecule has 1 heterocycles. The molecule has 1 fully saturated rings. The Kier molecular flexibility index (Phi) is 8.36. The third-order valence-electron chi connectivity index (χ3n) is 4.99. The van der Waals surface area contributed by atoms with Gasteiger partial charge in [-0.15, -0.1) is 0 Å². The summed E-state index contributed by atoms with van der Waals surface area (Å²) in [6.45, 7) is 5.52. The van der Waals surface area contributed by atoms with Crippen molar-refractivity contribution in [2.75, 3.05) is 6.61 Å². The lowest BCUT2D eigenvalue weighted by Gasteiger charge is -2.40. The Morgan fingerprint density at radius 2 is 1.29 bits per heavy atom. The molecule has 0 aromatic heterocycles. The van der Waals surface area contributed by atoms with E-state index in [-0.39, 0.29) is 6.61 Å².